The summed E-state index contributed by atoms with van der Waals surface area (Å²) in [5.74, 6) is -0.362. The lowest BCUT2D eigenvalue weighted by molar-refractivity contribution is -0.137. The maximum absolute atomic E-state index is 11.6. The Bertz CT molecular complexity index is 661. The monoisotopic (exact) mass is 338 g/mol. The molecule has 1 atom stereocenters. The second kappa shape index (κ2) is 6.99. The number of carboxylic acids is 1. The van der Waals surface area contributed by atoms with Crippen LogP contribution in [0.15, 0.2) is 17.3 Å². The number of thioether (sulfide) groups is 1. The van der Waals surface area contributed by atoms with Crippen LogP contribution in [0.3, 0.4) is 0 Å². The third kappa shape index (κ3) is 4.01. The van der Waals surface area contributed by atoms with Gasteiger partial charge in [0.2, 0.25) is 0 Å². The van der Waals surface area contributed by atoms with Crippen LogP contribution in [-0.2, 0) is 9.59 Å². The number of carbonyl (C=O) groups excluding carboxylic acids is 1. The molecule has 23 heavy (non-hydrogen) atoms. The summed E-state index contributed by atoms with van der Waals surface area (Å²) in [6, 6.07) is 1.50. The van der Waals surface area contributed by atoms with Gasteiger partial charge in [-0.15, -0.1) is 11.8 Å². The average Bonchev–Trinajstić information content (AvgIpc) is 2.89. The number of aromatic nitrogens is 1. The van der Waals surface area contributed by atoms with Crippen LogP contribution < -0.4 is 4.74 Å². The van der Waals surface area contributed by atoms with E-state index in [1.807, 2.05) is 0 Å². The number of rotatable bonds is 7. The largest absolute Gasteiger partial charge is 0.503 e. The summed E-state index contributed by atoms with van der Waals surface area (Å²) in [6.45, 7) is 3.41. The Morgan fingerprint density at radius 1 is 1.48 bits per heavy atom. The van der Waals surface area contributed by atoms with E-state index in [0.29, 0.717) is 17.2 Å². The predicted molar refractivity (Wildman–Crippen MR) is 86.3 cm³/mol. The summed E-state index contributed by atoms with van der Waals surface area (Å²) in [5, 5.41) is 19.4. The van der Waals surface area contributed by atoms with Gasteiger partial charge in [0.25, 0.3) is 0 Å². The highest BCUT2D eigenvalue weighted by atomic mass is 32.2. The Labute approximate surface area is 137 Å². The van der Waals surface area contributed by atoms with Crippen LogP contribution >= 0.6 is 11.8 Å². The summed E-state index contributed by atoms with van der Waals surface area (Å²) >= 11 is 1.36. The van der Waals surface area contributed by atoms with Crippen molar-refractivity contribution in [3.8, 4) is 11.5 Å². The second-order valence-electron chi connectivity index (χ2n) is 5.39. The minimum Gasteiger partial charge on any atom is -0.503 e. The Hall–Kier alpha value is -2.09. The standard InChI is InChI=1S/C15H18N2O5S/c1-9(18)15(2)8-23-14(17-15)12-13(21)10(5-6-16-12)22-7-3-4-11(19)20/h5-6,21H,3-4,7-8H2,1-2H3,(H,19,20)/t15-/m1/s1. The van der Waals surface area contributed by atoms with Crippen LogP contribution in [0.4, 0.5) is 0 Å². The molecule has 0 fully saturated rings. The number of aromatic hydroxyl groups is 1. The van der Waals surface area contributed by atoms with Crippen molar-refractivity contribution in [2.75, 3.05) is 12.4 Å². The average molecular weight is 338 g/mol. The van der Waals surface area contributed by atoms with E-state index >= 15 is 0 Å². The molecule has 1 aliphatic rings. The fraction of sp³-hybridized carbons (Fsp3) is 0.467. The first-order valence-electron chi connectivity index (χ1n) is 7.10. The molecular formula is C15H18N2O5S. The van der Waals surface area contributed by atoms with Crippen LogP contribution in [0.5, 0.6) is 11.5 Å². The molecule has 1 aromatic heterocycles. The van der Waals surface area contributed by atoms with Crippen molar-refractivity contribution in [3.63, 3.8) is 0 Å². The maximum atomic E-state index is 11.6. The zero-order valence-electron chi connectivity index (χ0n) is 12.9. The maximum Gasteiger partial charge on any atom is 0.303 e. The van der Waals surface area contributed by atoms with Gasteiger partial charge in [0.15, 0.2) is 17.3 Å². The Kier molecular flexibility index (Phi) is 5.25. The van der Waals surface area contributed by atoms with E-state index < -0.39 is 11.5 Å². The molecule has 0 bridgehead atoms. The van der Waals surface area contributed by atoms with E-state index in [4.69, 9.17) is 9.84 Å². The highest BCUT2D eigenvalue weighted by molar-refractivity contribution is 8.14. The van der Waals surface area contributed by atoms with Crippen LogP contribution in [0, 0.1) is 0 Å². The van der Waals surface area contributed by atoms with Crippen molar-refractivity contribution in [2.24, 2.45) is 4.99 Å². The number of carboxylic acid groups (broad SMARTS) is 1. The molecule has 1 aromatic rings. The second-order valence-corrected chi connectivity index (χ2v) is 6.35. The zero-order valence-corrected chi connectivity index (χ0v) is 13.7. The highest BCUT2D eigenvalue weighted by Crippen LogP contribution is 2.36. The van der Waals surface area contributed by atoms with Gasteiger partial charge < -0.3 is 14.9 Å². The fourth-order valence-corrected chi connectivity index (χ4v) is 3.15. The number of Topliss-reactive ketones (excluding diaryl/α,β-unsaturated/α-hetero) is 1. The van der Waals surface area contributed by atoms with Crippen LogP contribution in [0.2, 0.25) is 0 Å². The van der Waals surface area contributed by atoms with Gasteiger partial charge in [0.05, 0.1) is 6.61 Å². The molecule has 2 N–H and O–H groups in total. The van der Waals surface area contributed by atoms with E-state index in [1.165, 1.54) is 30.9 Å². The lowest BCUT2D eigenvalue weighted by atomic mass is 10.0. The van der Waals surface area contributed by atoms with Crippen LogP contribution in [0.1, 0.15) is 32.4 Å². The smallest absolute Gasteiger partial charge is 0.303 e. The molecule has 2 heterocycles. The number of nitrogens with zero attached hydrogens (tertiary/aromatic N) is 2. The molecule has 8 heteroatoms. The van der Waals surface area contributed by atoms with Crippen molar-refractivity contribution in [2.45, 2.75) is 32.2 Å². The third-order valence-electron chi connectivity index (χ3n) is 3.48. The minimum atomic E-state index is -0.895. The van der Waals surface area contributed by atoms with E-state index in [0.717, 1.165) is 0 Å². The highest BCUT2D eigenvalue weighted by Gasteiger charge is 2.36. The number of ether oxygens (including phenoxy) is 1. The molecular weight excluding hydrogens is 320 g/mol. The first-order chi connectivity index (χ1) is 10.8. The van der Waals surface area contributed by atoms with Crippen molar-refractivity contribution >= 4 is 28.6 Å². The van der Waals surface area contributed by atoms with Gasteiger partial charge in [-0.2, -0.15) is 0 Å². The number of hydrogen-bond acceptors (Lipinski definition) is 7. The summed E-state index contributed by atoms with van der Waals surface area (Å²) in [7, 11) is 0. The Morgan fingerprint density at radius 3 is 2.83 bits per heavy atom. The molecule has 124 valence electrons. The SMILES string of the molecule is CC(=O)[C@@]1(C)CSC(c2nccc(OCCCC(=O)O)c2O)=N1. The quantitative estimate of drug-likeness (QED) is 0.730. The number of pyridine rings is 1. The van der Waals surface area contributed by atoms with E-state index in [2.05, 4.69) is 9.98 Å². The number of aliphatic imine (C=N–C) groups is 1. The molecule has 7 nitrogen and oxygen atoms in total. The van der Waals surface area contributed by atoms with E-state index in [1.54, 1.807) is 6.92 Å². The molecule has 0 unspecified atom stereocenters. The molecule has 0 aliphatic carbocycles. The molecule has 0 saturated carbocycles. The molecule has 1 aliphatic heterocycles. The molecule has 0 amide bonds. The van der Waals surface area contributed by atoms with Gasteiger partial charge >= 0.3 is 5.97 Å². The van der Waals surface area contributed by atoms with Gasteiger partial charge in [0, 0.05) is 24.4 Å². The lowest BCUT2D eigenvalue weighted by Crippen LogP contribution is -2.31. The van der Waals surface area contributed by atoms with E-state index in [-0.39, 0.29) is 36.0 Å². The van der Waals surface area contributed by atoms with E-state index in [9.17, 15) is 14.7 Å². The predicted octanol–water partition coefficient (Wildman–Crippen LogP) is 1.87. The lowest BCUT2D eigenvalue weighted by Gasteiger charge is -2.14. The molecule has 0 aromatic carbocycles. The minimum absolute atomic E-state index is 0.00176. The van der Waals surface area contributed by atoms with Crippen LogP contribution in [0.25, 0.3) is 0 Å². The molecule has 0 spiro atoms. The Morgan fingerprint density at radius 2 is 2.22 bits per heavy atom. The third-order valence-corrected chi connectivity index (χ3v) is 4.74. The van der Waals surface area contributed by atoms with Crippen LogP contribution in [-0.4, -0.2) is 49.9 Å². The number of hydrogen-bond donors (Lipinski definition) is 2. The Balaban J connectivity index is 2.14. The number of carbonyl (C=O) groups is 2. The van der Waals surface area contributed by atoms with Gasteiger partial charge in [-0.3, -0.25) is 14.6 Å². The van der Waals surface area contributed by atoms with Gasteiger partial charge in [-0.25, -0.2) is 4.98 Å². The van der Waals surface area contributed by atoms with Gasteiger partial charge in [-0.05, 0) is 20.3 Å². The molecule has 0 radical (unpaired) electrons. The van der Waals surface area contributed by atoms with Gasteiger partial charge in [0.1, 0.15) is 16.3 Å². The van der Waals surface area contributed by atoms with Crippen molar-refractivity contribution in [1.29, 1.82) is 0 Å². The molecule has 2 rings (SSSR count). The van der Waals surface area contributed by atoms with Crippen molar-refractivity contribution in [3.05, 3.63) is 18.0 Å². The summed E-state index contributed by atoms with van der Waals surface area (Å²) < 4.78 is 5.40. The summed E-state index contributed by atoms with van der Waals surface area (Å²) in [4.78, 5) is 30.6. The van der Waals surface area contributed by atoms with Crippen molar-refractivity contribution in [1.82, 2.24) is 4.98 Å². The topological polar surface area (TPSA) is 109 Å². The number of aliphatic carboxylic acids is 1. The first-order valence-corrected chi connectivity index (χ1v) is 8.08. The van der Waals surface area contributed by atoms with Gasteiger partial charge in [-0.1, -0.05) is 0 Å². The summed E-state index contributed by atoms with van der Waals surface area (Å²) in [6.07, 6.45) is 1.82. The number of ketones is 1. The normalized spacial score (nSPS) is 20.2. The summed E-state index contributed by atoms with van der Waals surface area (Å²) in [5.41, 5.74) is -0.525. The first kappa shape index (κ1) is 17.3. The fourth-order valence-electron chi connectivity index (χ4n) is 1.91. The van der Waals surface area contributed by atoms with Crippen molar-refractivity contribution < 1.29 is 24.5 Å². The molecule has 0 saturated heterocycles. The zero-order chi connectivity index (χ0) is 17.0.